The second-order valence-electron chi connectivity index (χ2n) is 6.87. The molecule has 0 aliphatic carbocycles. The van der Waals surface area contributed by atoms with E-state index in [1.807, 2.05) is 0 Å². The molecule has 0 amide bonds. The van der Waals surface area contributed by atoms with Gasteiger partial charge < -0.3 is 34.0 Å². The van der Waals surface area contributed by atoms with Crippen molar-refractivity contribution in [3.05, 3.63) is 80.5 Å². The summed E-state index contributed by atoms with van der Waals surface area (Å²) in [5, 5.41) is 18.3. The Bertz CT molecular complexity index is 1380. The normalized spacial score (nSPS) is 10.6. The maximum absolute atomic E-state index is 12.3. The van der Waals surface area contributed by atoms with Gasteiger partial charge in [-0.1, -0.05) is 12.1 Å². The molecule has 11 nitrogen and oxygen atoms in total. The highest BCUT2D eigenvalue weighted by Crippen LogP contribution is 2.25. The summed E-state index contributed by atoms with van der Waals surface area (Å²) in [6.45, 7) is 0.309. The van der Waals surface area contributed by atoms with Crippen LogP contribution < -0.4 is 20.3 Å². The predicted octanol–water partition coefficient (Wildman–Crippen LogP) is 2.32. The molecule has 2 aromatic carbocycles. The predicted molar refractivity (Wildman–Crippen MR) is 118 cm³/mol. The van der Waals surface area contributed by atoms with Crippen LogP contribution in [0, 0.1) is 0 Å². The summed E-state index contributed by atoms with van der Waals surface area (Å²) in [6, 6.07) is 11.0. The van der Waals surface area contributed by atoms with E-state index in [0.29, 0.717) is 6.42 Å². The lowest BCUT2D eigenvalue weighted by atomic mass is 10.2. The van der Waals surface area contributed by atoms with Gasteiger partial charge in [-0.3, -0.25) is 9.59 Å². The summed E-state index contributed by atoms with van der Waals surface area (Å²) in [5.41, 5.74) is -0.888. The molecule has 0 radical (unpaired) electrons. The highest BCUT2D eigenvalue weighted by molar-refractivity contribution is 5.90. The van der Waals surface area contributed by atoms with Crippen LogP contribution in [0.5, 0.6) is 11.5 Å². The molecule has 0 fully saturated rings. The third-order valence-corrected chi connectivity index (χ3v) is 4.66. The van der Waals surface area contributed by atoms with E-state index >= 15 is 0 Å². The molecular weight excluding hydrogens is 452 g/mol. The molecule has 4 N–H and O–H groups in total. The molecule has 176 valence electrons. The van der Waals surface area contributed by atoms with Crippen LogP contribution in [0.4, 0.5) is 0 Å². The fourth-order valence-electron chi connectivity index (χ4n) is 3.23. The van der Waals surface area contributed by atoms with Crippen LogP contribution in [-0.2, 0) is 0 Å². The average Bonchev–Trinajstić information content (AvgIpc) is 2.78. The zero-order chi connectivity index (χ0) is 23.5. The van der Waals surface area contributed by atoms with Gasteiger partial charge in [0.2, 0.25) is 11.5 Å². The van der Waals surface area contributed by atoms with Gasteiger partial charge in [0.15, 0.2) is 10.9 Å². The van der Waals surface area contributed by atoms with Gasteiger partial charge in [0.25, 0.3) is 0 Å². The van der Waals surface area contributed by atoms with E-state index in [2.05, 4.69) is 0 Å². The zero-order valence-corrected chi connectivity index (χ0v) is 17.4. The van der Waals surface area contributed by atoms with Crippen LogP contribution in [0.25, 0.3) is 21.9 Å². The molecule has 4 aromatic rings. The molecule has 0 aliphatic rings. The smallest absolute Gasteiger partial charge is 0.371 e. The first-order valence-electron chi connectivity index (χ1n) is 9.71. The highest BCUT2D eigenvalue weighted by Gasteiger charge is 2.15. The largest absolute Gasteiger partial charge is 0.493 e. The van der Waals surface area contributed by atoms with E-state index in [9.17, 15) is 19.2 Å². The summed E-state index contributed by atoms with van der Waals surface area (Å²) < 4.78 is 21.8. The van der Waals surface area contributed by atoms with Gasteiger partial charge in [-0.05, 0) is 24.3 Å². The Balaban J connectivity index is 0.00000324. The summed E-state index contributed by atoms with van der Waals surface area (Å²) in [4.78, 5) is 46.8. The Morgan fingerprint density at radius 3 is 1.53 bits per heavy atom. The maximum Gasteiger partial charge on any atom is 0.371 e. The Hall–Kier alpha value is -4.64. The van der Waals surface area contributed by atoms with Crippen molar-refractivity contribution in [1.29, 1.82) is 0 Å². The van der Waals surface area contributed by atoms with Crippen molar-refractivity contribution < 1.29 is 43.6 Å². The van der Waals surface area contributed by atoms with Crippen molar-refractivity contribution in [1.82, 2.24) is 0 Å². The summed E-state index contributed by atoms with van der Waals surface area (Å²) in [5.74, 6) is -3.14. The minimum atomic E-state index is -1.35. The summed E-state index contributed by atoms with van der Waals surface area (Å²) in [7, 11) is 0. The quantitative estimate of drug-likeness (QED) is 0.362. The fourth-order valence-corrected chi connectivity index (χ4v) is 3.23. The number of hydrogen-bond acceptors (Lipinski definition) is 8. The third kappa shape index (κ3) is 4.74. The molecule has 11 heteroatoms. The lowest BCUT2D eigenvalue weighted by Gasteiger charge is -2.11. The molecule has 4 rings (SSSR count). The number of benzene rings is 2. The molecule has 0 aliphatic heterocycles. The van der Waals surface area contributed by atoms with Gasteiger partial charge in [0.1, 0.15) is 33.4 Å². The Labute approximate surface area is 189 Å². The van der Waals surface area contributed by atoms with Gasteiger partial charge in [0, 0.05) is 18.6 Å². The summed E-state index contributed by atoms with van der Waals surface area (Å²) in [6.07, 6.45) is 0.379. The first-order valence-corrected chi connectivity index (χ1v) is 9.71. The third-order valence-electron chi connectivity index (χ3n) is 4.66. The number of ether oxygens (including phenoxy) is 2. The standard InChI is InChI=1S/C23H16O10.H2O/c24-12-10-18(22(26)27)32-16-6-1-4-14(20(12)16)30-8-3-9-31-15-5-2-7-17-21(15)13(25)11-19(33-17)23(28)29;/h1-2,4-7,10-11H,3,8-9H2,(H,26,27)(H,28,29);1H2. The van der Waals surface area contributed by atoms with Crippen molar-refractivity contribution in [2.45, 2.75) is 6.42 Å². The van der Waals surface area contributed by atoms with Crippen molar-refractivity contribution in [2.75, 3.05) is 13.2 Å². The molecule has 0 spiro atoms. The minimum absolute atomic E-state index is 0. The number of carboxylic acids is 2. The Morgan fingerprint density at radius 1 is 0.735 bits per heavy atom. The zero-order valence-electron chi connectivity index (χ0n) is 17.4. The van der Waals surface area contributed by atoms with Crippen LogP contribution in [0.1, 0.15) is 27.5 Å². The summed E-state index contributed by atoms with van der Waals surface area (Å²) >= 11 is 0. The van der Waals surface area contributed by atoms with Crippen LogP contribution in [0.3, 0.4) is 0 Å². The molecule has 0 bridgehead atoms. The molecule has 2 aromatic heterocycles. The number of fused-ring (bicyclic) bond motifs is 2. The van der Waals surface area contributed by atoms with Crippen molar-refractivity contribution >= 4 is 33.9 Å². The molecule has 0 unspecified atom stereocenters. The van der Waals surface area contributed by atoms with Crippen LogP contribution >= 0.6 is 0 Å². The van der Waals surface area contributed by atoms with E-state index in [1.54, 1.807) is 24.3 Å². The molecule has 0 saturated carbocycles. The van der Waals surface area contributed by atoms with E-state index in [-0.39, 0.29) is 52.1 Å². The Morgan fingerprint density at radius 2 is 1.15 bits per heavy atom. The molecule has 2 heterocycles. The van der Waals surface area contributed by atoms with Crippen molar-refractivity contribution in [2.24, 2.45) is 0 Å². The number of hydrogen-bond donors (Lipinski definition) is 2. The maximum atomic E-state index is 12.3. The lowest BCUT2D eigenvalue weighted by Crippen LogP contribution is -2.11. The van der Waals surface area contributed by atoms with Gasteiger partial charge in [-0.15, -0.1) is 0 Å². The Kier molecular flexibility index (Phi) is 6.98. The number of carboxylic acid groups (broad SMARTS) is 2. The molecule has 0 saturated heterocycles. The second-order valence-corrected chi connectivity index (χ2v) is 6.87. The minimum Gasteiger partial charge on any atom is -0.493 e. The van der Waals surface area contributed by atoms with Gasteiger partial charge in [0.05, 0.1) is 13.2 Å². The lowest BCUT2D eigenvalue weighted by molar-refractivity contribution is 0.0653. The molecular formula is C23H18O11. The average molecular weight is 470 g/mol. The molecule has 34 heavy (non-hydrogen) atoms. The van der Waals surface area contributed by atoms with Crippen LogP contribution in [0.2, 0.25) is 0 Å². The monoisotopic (exact) mass is 470 g/mol. The van der Waals surface area contributed by atoms with E-state index < -0.39 is 34.3 Å². The van der Waals surface area contributed by atoms with Crippen LogP contribution in [0.15, 0.2) is 67.0 Å². The van der Waals surface area contributed by atoms with Crippen molar-refractivity contribution in [3.63, 3.8) is 0 Å². The fraction of sp³-hybridized carbons (Fsp3) is 0.130. The highest BCUT2D eigenvalue weighted by atomic mass is 16.5. The number of rotatable bonds is 8. The van der Waals surface area contributed by atoms with E-state index in [1.165, 1.54) is 12.1 Å². The SMILES string of the molecule is O.O=C(O)c1cc(=O)c2c(OCCCOc3cccc4oc(C(=O)O)cc(=O)c34)cccc2o1. The van der Waals surface area contributed by atoms with Crippen molar-refractivity contribution in [3.8, 4) is 11.5 Å². The topological polar surface area (TPSA) is 185 Å². The first-order chi connectivity index (χ1) is 15.8. The number of aromatic carboxylic acids is 2. The second kappa shape index (κ2) is 9.88. The number of carbonyl (C=O) groups is 2. The molecule has 0 atom stereocenters. The van der Waals surface area contributed by atoms with E-state index in [4.69, 9.17) is 28.5 Å². The van der Waals surface area contributed by atoms with Gasteiger partial charge in [-0.25, -0.2) is 9.59 Å². The van der Waals surface area contributed by atoms with Crippen LogP contribution in [-0.4, -0.2) is 40.8 Å². The first kappa shape index (κ1) is 24.0. The van der Waals surface area contributed by atoms with Gasteiger partial charge in [-0.2, -0.15) is 0 Å². The van der Waals surface area contributed by atoms with Gasteiger partial charge >= 0.3 is 11.9 Å². The van der Waals surface area contributed by atoms with E-state index in [0.717, 1.165) is 12.1 Å².